The monoisotopic (exact) mass is 257 g/mol. The smallest absolute Gasteiger partial charge is 0.267 e. The van der Waals surface area contributed by atoms with E-state index in [1.165, 1.54) is 12.3 Å². The Labute approximate surface area is 99.6 Å². The molecule has 4 N–H and O–H groups in total. The van der Waals surface area contributed by atoms with Crippen LogP contribution in [0.25, 0.3) is 0 Å². The van der Waals surface area contributed by atoms with Gasteiger partial charge in [0.2, 0.25) is 10.0 Å². The highest BCUT2D eigenvalue weighted by molar-refractivity contribution is 7.89. The number of aromatic amines is 1. The van der Waals surface area contributed by atoms with Gasteiger partial charge in [-0.2, -0.15) is 0 Å². The Morgan fingerprint density at radius 3 is 2.76 bits per heavy atom. The first-order chi connectivity index (χ1) is 7.88. The van der Waals surface area contributed by atoms with Gasteiger partial charge in [-0.25, -0.2) is 13.6 Å². The maximum absolute atomic E-state index is 11.6. The van der Waals surface area contributed by atoms with Crippen LogP contribution in [0.4, 0.5) is 0 Å². The Bertz CT molecular complexity index is 535. The molecule has 1 aromatic rings. The summed E-state index contributed by atoms with van der Waals surface area (Å²) >= 11 is 0. The summed E-state index contributed by atoms with van der Waals surface area (Å²) in [6.45, 7) is 2.76. The molecule has 0 radical (unpaired) electrons. The molecule has 0 saturated heterocycles. The fourth-order valence-corrected chi connectivity index (χ4v) is 2.18. The lowest BCUT2D eigenvalue weighted by atomic mass is 10.3. The zero-order chi connectivity index (χ0) is 12.6. The van der Waals surface area contributed by atoms with Crippen LogP contribution in [-0.2, 0) is 10.0 Å². The van der Waals surface area contributed by atoms with Crippen molar-refractivity contribution >= 4 is 15.9 Å². The predicted molar refractivity (Wildman–Crippen MR) is 61.8 cm³/mol. The molecule has 1 saturated carbocycles. The van der Waals surface area contributed by atoms with E-state index in [0.29, 0.717) is 18.4 Å². The van der Waals surface area contributed by atoms with Gasteiger partial charge in [0.05, 0.1) is 4.90 Å². The lowest BCUT2D eigenvalue weighted by Gasteiger charge is -2.01. The molecule has 6 nitrogen and oxygen atoms in total. The average Bonchev–Trinajstić information content (AvgIpc) is 2.77. The van der Waals surface area contributed by atoms with Crippen LogP contribution in [0.1, 0.15) is 23.8 Å². The highest BCUT2D eigenvalue weighted by Crippen LogP contribution is 2.36. The number of H-pyrrole nitrogens is 1. The summed E-state index contributed by atoms with van der Waals surface area (Å²) in [6.07, 6.45) is 2.34. The van der Waals surface area contributed by atoms with Crippen LogP contribution in [-0.4, -0.2) is 25.9 Å². The Kier molecular flexibility index (Phi) is 2.96. The second-order valence-electron chi connectivity index (χ2n) is 4.48. The van der Waals surface area contributed by atoms with Crippen molar-refractivity contribution in [2.24, 2.45) is 17.0 Å². The molecule has 1 aliphatic carbocycles. The van der Waals surface area contributed by atoms with Crippen LogP contribution >= 0.6 is 0 Å². The molecule has 0 spiro atoms. The van der Waals surface area contributed by atoms with E-state index in [1.54, 1.807) is 0 Å². The van der Waals surface area contributed by atoms with Crippen LogP contribution in [0.2, 0.25) is 0 Å². The summed E-state index contributed by atoms with van der Waals surface area (Å²) in [5.41, 5.74) is 0.210. The van der Waals surface area contributed by atoms with Crippen molar-refractivity contribution in [3.05, 3.63) is 18.0 Å². The van der Waals surface area contributed by atoms with E-state index < -0.39 is 10.0 Å². The normalized spacial score (nSPS) is 23.4. The van der Waals surface area contributed by atoms with Crippen LogP contribution in [0.5, 0.6) is 0 Å². The molecule has 0 bridgehead atoms. The molecule has 94 valence electrons. The number of carbonyl (C=O) groups excluding carboxylic acids is 1. The van der Waals surface area contributed by atoms with Crippen molar-refractivity contribution in [3.8, 4) is 0 Å². The van der Waals surface area contributed by atoms with E-state index in [1.807, 2.05) is 0 Å². The molecule has 7 heteroatoms. The molecule has 0 aliphatic heterocycles. The number of hydrogen-bond donors (Lipinski definition) is 3. The molecule has 2 rings (SSSR count). The first-order valence-electron chi connectivity index (χ1n) is 5.37. The zero-order valence-electron chi connectivity index (χ0n) is 9.43. The fraction of sp³-hybridized carbons (Fsp3) is 0.500. The molecular formula is C10H15N3O3S. The van der Waals surface area contributed by atoms with Gasteiger partial charge in [-0.1, -0.05) is 6.92 Å². The largest absolute Gasteiger partial charge is 0.356 e. The Morgan fingerprint density at radius 1 is 1.65 bits per heavy atom. The van der Waals surface area contributed by atoms with Crippen LogP contribution < -0.4 is 10.5 Å². The highest BCUT2D eigenvalue weighted by atomic mass is 32.2. The summed E-state index contributed by atoms with van der Waals surface area (Å²) in [4.78, 5) is 14.2. The summed E-state index contributed by atoms with van der Waals surface area (Å²) in [7, 11) is -3.75. The van der Waals surface area contributed by atoms with Crippen molar-refractivity contribution in [1.29, 1.82) is 0 Å². The van der Waals surface area contributed by atoms with Gasteiger partial charge in [-0.15, -0.1) is 0 Å². The number of amides is 1. The number of nitrogens with two attached hydrogens (primary N) is 1. The summed E-state index contributed by atoms with van der Waals surface area (Å²) in [5, 5.41) is 7.69. The topological polar surface area (TPSA) is 105 Å². The first kappa shape index (κ1) is 12.1. The van der Waals surface area contributed by atoms with Gasteiger partial charge in [-0.3, -0.25) is 4.79 Å². The Morgan fingerprint density at radius 2 is 2.29 bits per heavy atom. The third-order valence-electron chi connectivity index (χ3n) is 3.03. The van der Waals surface area contributed by atoms with E-state index >= 15 is 0 Å². The van der Waals surface area contributed by atoms with E-state index in [-0.39, 0.29) is 16.5 Å². The van der Waals surface area contributed by atoms with Gasteiger partial charge in [0.15, 0.2) is 0 Å². The van der Waals surface area contributed by atoms with Crippen LogP contribution in [0.15, 0.2) is 17.2 Å². The van der Waals surface area contributed by atoms with E-state index in [4.69, 9.17) is 5.14 Å². The Balaban J connectivity index is 1.97. The molecule has 2 unspecified atom stereocenters. The van der Waals surface area contributed by atoms with Gasteiger partial charge in [0, 0.05) is 12.7 Å². The number of carbonyl (C=O) groups is 1. The molecule has 1 aromatic heterocycles. The zero-order valence-corrected chi connectivity index (χ0v) is 10.3. The van der Waals surface area contributed by atoms with Crippen LogP contribution in [0, 0.1) is 11.8 Å². The highest BCUT2D eigenvalue weighted by Gasteiger charge is 2.32. The van der Waals surface area contributed by atoms with Gasteiger partial charge in [-0.05, 0) is 24.3 Å². The van der Waals surface area contributed by atoms with Gasteiger partial charge in [0.1, 0.15) is 5.69 Å². The van der Waals surface area contributed by atoms with Crippen molar-refractivity contribution in [2.75, 3.05) is 6.54 Å². The summed E-state index contributed by atoms with van der Waals surface area (Å²) < 4.78 is 22.0. The SMILES string of the molecule is CC1CC1CNC(=O)c1cc(S(N)(=O)=O)c[nH]1. The molecule has 1 fully saturated rings. The average molecular weight is 257 g/mol. The van der Waals surface area contributed by atoms with E-state index in [0.717, 1.165) is 6.42 Å². The maximum atomic E-state index is 11.6. The molecule has 1 aliphatic rings. The molecule has 0 aromatic carbocycles. The Hall–Kier alpha value is -1.34. The van der Waals surface area contributed by atoms with Crippen LogP contribution in [0.3, 0.4) is 0 Å². The fourth-order valence-electron chi connectivity index (χ4n) is 1.67. The molecule has 1 heterocycles. The third kappa shape index (κ3) is 2.86. The summed E-state index contributed by atoms with van der Waals surface area (Å²) in [6, 6.07) is 1.24. The van der Waals surface area contributed by atoms with Crippen molar-refractivity contribution in [1.82, 2.24) is 10.3 Å². The molecule has 17 heavy (non-hydrogen) atoms. The van der Waals surface area contributed by atoms with E-state index in [9.17, 15) is 13.2 Å². The lowest BCUT2D eigenvalue weighted by molar-refractivity contribution is 0.0947. The second-order valence-corrected chi connectivity index (χ2v) is 6.04. The minimum absolute atomic E-state index is 0.0811. The number of nitrogens with one attached hydrogen (secondary N) is 2. The van der Waals surface area contributed by atoms with Crippen molar-refractivity contribution < 1.29 is 13.2 Å². The molecule has 1 amide bonds. The van der Waals surface area contributed by atoms with Gasteiger partial charge < -0.3 is 10.3 Å². The third-order valence-corrected chi connectivity index (χ3v) is 3.92. The predicted octanol–water partition coefficient (Wildman–Crippen LogP) is 0.0479. The second kappa shape index (κ2) is 4.15. The lowest BCUT2D eigenvalue weighted by Crippen LogP contribution is -2.26. The number of rotatable bonds is 4. The standard InChI is InChI=1S/C10H15N3O3S/c1-6-2-7(6)4-13-10(14)9-3-8(5-12-9)17(11,15)16/h3,5-7,12H,2,4H2,1H3,(H,13,14)(H2,11,15,16). The molecule has 2 atom stereocenters. The number of hydrogen-bond acceptors (Lipinski definition) is 3. The number of aromatic nitrogens is 1. The quantitative estimate of drug-likeness (QED) is 0.709. The molecular weight excluding hydrogens is 242 g/mol. The van der Waals surface area contributed by atoms with Gasteiger partial charge >= 0.3 is 0 Å². The summed E-state index contributed by atoms with van der Waals surface area (Å²) in [5.74, 6) is 0.907. The van der Waals surface area contributed by atoms with Crippen molar-refractivity contribution in [2.45, 2.75) is 18.2 Å². The minimum Gasteiger partial charge on any atom is -0.356 e. The first-order valence-corrected chi connectivity index (χ1v) is 6.92. The van der Waals surface area contributed by atoms with Crippen molar-refractivity contribution in [3.63, 3.8) is 0 Å². The van der Waals surface area contributed by atoms with E-state index in [2.05, 4.69) is 17.2 Å². The van der Waals surface area contributed by atoms with Gasteiger partial charge in [0.25, 0.3) is 5.91 Å². The number of sulfonamides is 1. The maximum Gasteiger partial charge on any atom is 0.267 e. The number of primary sulfonamides is 1. The minimum atomic E-state index is -3.75.